The lowest BCUT2D eigenvalue weighted by Crippen LogP contribution is -2.37. The topological polar surface area (TPSA) is 38.8 Å². The van der Waals surface area contributed by atoms with Crippen LogP contribution in [0, 0.1) is 5.92 Å². The van der Waals surface area contributed by atoms with Crippen LogP contribution < -0.4 is 14.4 Å². The molecule has 2 aliphatic rings. The van der Waals surface area contributed by atoms with E-state index in [1.54, 1.807) is 0 Å². The molecule has 2 aromatic carbocycles. The van der Waals surface area contributed by atoms with Crippen LogP contribution in [0.4, 0.5) is 5.69 Å². The predicted octanol–water partition coefficient (Wildman–Crippen LogP) is 4.86. The van der Waals surface area contributed by atoms with Crippen molar-refractivity contribution in [3.05, 3.63) is 72.3 Å². The zero-order valence-electron chi connectivity index (χ0n) is 15.9. The van der Waals surface area contributed by atoms with E-state index in [1.807, 2.05) is 47.4 Å². The Balaban J connectivity index is 1.58. The normalized spacial score (nSPS) is 18.2. The molecular formula is C24H25NO3. The second kappa shape index (κ2) is 8.79. The van der Waals surface area contributed by atoms with E-state index in [1.165, 1.54) is 0 Å². The van der Waals surface area contributed by atoms with Crippen molar-refractivity contribution in [1.29, 1.82) is 0 Å². The van der Waals surface area contributed by atoms with Crippen LogP contribution >= 0.6 is 0 Å². The Hall–Kier alpha value is -3.01. The highest BCUT2D eigenvalue weighted by atomic mass is 16.6. The summed E-state index contributed by atoms with van der Waals surface area (Å²) in [4.78, 5) is 15.2. The minimum atomic E-state index is 0.0309. The van der Waals surface area contributed by atoms with Crippen molar-refractivity contribution in [1.82, 2.24) is 0 Å². The molecule has 0 saturated heterocycles. The monoisotopic (exact) mass is 375 g/mol. The first-order valence-electron chi connectivity index (χ1n) is 9.89. The maximum absolute atomic E-state index is 13.3. The van der Waals surface area contributed by atoms with Gasteiger partial charge in [0.1, 0.15) is 13.2 Å². The number of anilines is 1. The fourth-order valence-corrected chi connectivity index (χ4v) is 3.62. The number of nitrogens with zero attached hydrogens (tertiary/aromatic N) is 1. The molecule has 0 fully saturated rings. The van der Waals surface area contributed by atoms with Crippen molar-refractivity contribution in [3.8, 4) is 11.5 Å². The molecule has 1 heterocycles. The van der Waals surface area contributed by atoms with Gasteiger partial charge in [0, 0.05) is 24.2 Å². The summed E-state index contributed by atoms with van der Waals surface area (Å²) in [6.45, 7) is 1.61. The van der Waals surface area contributed by atoms with Crippen molar-refractivity contribution < 1.29 is 14.3 Å². The number of carbonyl (C=O) groups excluding carboxylic acids is 1. The molecule has 4 rings (SSSR count). The van der Waals surface area contributed by atoms with E-state index in [2.05, 4.69) is 30.4 Å². The average molecular weight is 375 g/mol. The van der Waals surface area contributed by atoms with E-state index >= 15 is 0 Å². The number of ether oxygens (including phenoxy) is 2. The van der Waals surface area contributed by atoms with Crippen LogP contribution in [0.5, 0.6) is 11.5 Å². The van der Waals surface area contributed by atoms with Gasteiger partial charge in [-0.05, 0) is 37.0 Å². The molecule has 0 aromatic heterocycles. The van der Waals surface area contributed by atoms with Gasteiger partial charge in [0.2, 0.25) is 5.91 Å². The number of rotatable bonds is 5. The van der Waals surface area contributed by atoms with E-state index in [0.717, 1.165) is 36.3 Å². The lowest BCUT2D eigenvalue weighted by molar-refractivity contribution is -0.122. The number of benzene rings is 2. The third-order valence-corrected chi connectivity index (χ3v) is 5.12. The summed E-state index contributed by atoms with van der Waals surface area (Å²) >= 11 is 0. The van der Waals surface area contributed by atoms with Gasteiger partial charge in [-0.3, -0.25) is 4.79 Å². The van der Waals surface area contributed by atoms with Crippen molar-refractivity contribution in [2.45, 2.75) is 19.3 Å². The standard InChI is InChI=1S/C24H25NO3/c26-24(20-11-5-2-6-12-20)25(15-7-10-19-8-3-1-4-9-19)21-13-14-22-23(18-21)28-17-16-27-22/h1-5,7-10,13-14,18,20H,6,11-12,15-17H2/b10-7+/t20-/m1/s1. The van der Waals surface area contributed by atoms with E-state index in [4.69, 9.17) is 9.47 Å². The maximum atomic E-state index is 13.3. The van der Waals surface area contributed by atoms with Crippen molar-refractivity contribution in [2.75, 3.05) is 24.7 Å². The van der Waals surface area contributed by atoms with Crippen molar-refractivity contribution >= 4 is 17.7 Å². The first kappa shape index (κ1) is 18.4. The number of hydrogen-bond acceptors (Lipinski definition) is 3. The van der Waals surface area contributed by atoms with Crippen LogP contribution in [0.15, 0.2) is 66.8 Å². The smallest absolute Gasteiger partial charge is 0.230 e. The van der Waals surface area contributed by atoms with Gasteiger partial charge in [-0.1, -0.05) is 54.6 Å². The Morgan fingerprint density at radius 3 is 2.64 bits per heavy atom. The second-order valence-electron chi connectivity index (χ2n) is 7.07. The van der Waals surface area contributed by atoms with Gasteiger partial charge in [-0.25, -0.2) is 0 Å². The highest BCUT2D eigenvalue weighted by Gasteiger charge is 2.26. The number of amides is 1. The van der Waals surface area contributed by atoms with Crippen molar-refractivity contribution in [3.63, 3.8) is 0 Å². The maximum Gasteiger partial charge on any atom is 0.230 e. The SMILES string of the molecule is O=C([C@@H]1CC=CCC1)N(C/C=C/c1ccccc1)c1ccc2c(c1)OCCO2. The Labute approximate surface area is 166 Å². The molecule has 0 bridgehead atoms. The molecule has 1 amide bonds. The minimum Gasteiger partial charge on any atom is -0.486 e. The van der Waals surface area contributed by atoms with Gasteiger partial charge < -0.3 is 14.4 Å². The van der Waals surface area contributed by atoms with Crippen LogP contribution in [-0.4, -0.2) is 25.7 Å². The van der Waals surface area contributed by atoms with Gasteiger partial charge in [0.25, 0.3) is 0 Å². The highest BCUT2D eigenvalue weighted by Crippen LogP contribution is 2.35. The molecular weight excluding hydrogens is 350 g/mol. The van der Waals surface area contributed by atoms with E-state index in [0.29, 0.717) is 25.5 Å². The molecule has 1 aliphatic carbocycles. The average Bonchev–Trinajstić information content (AvgIpc) is 2.77. The molecule has 0 radical (unpaired) electrons. The van der Waals surface area contributed by atoms with Crippen molar-refractivity contribution in [2.24, 2.45) is 5.92 Å². The molecule has 0 spiro atoms. The van der Waals surface area contributed by atoms with Crippen LogP contribution in [0.2, 0.25) is 0 Å². The van der Waals surface area contributed by atoms with Crippen LogP contribution in [0.25, 0.3) is 6.08 Å². The molecule has 28 heavy (non-hydrogen) atoms. The van der Waals surface area contributed by atoms with Gasteiger partial charge >= 0.3 is 0 Å². The van der Waals surface area contributed by atoms with E-state index in [9.17, 15) is 4.79 Å². The van der Waals surface area contributed by atoms with Gasteiger partial charge in [0.05, 0.1) is 0 Å². The summed E-state index contributed by atoms with van der Waals surface area (Å²) in [5.41, 5.74) is 1.97. The number of carbonyl (C=O) groups is 1. The predicted molar refractivity (Wildman–Crippen MR) is 112 cm³/mol. The van der Waals surface area contributed by atoms with Crippen LogP contribution in [0.3, 0.4) is 0 Å². The summed E-state index contributed by atoms with van der Waals surface area (Å²) in [7, 11) is 0. The molecule has 2 aromatic rings. The molecule has 4 nitrogen and oxygen atoms in total. The molecule has 4 heteroatoms. The second-order valence-corrected chi connectivity index (χ2v) is 7.07. The van der Waals surface area contributed by atoms with Gasteiger partial charge in [0.15, 0.2) is 11.5 Å². The molecule has 0 saturated carbocycles. The molecule has 0 N–H and O–H groups in total. The lowest BCUT2D eigenvalue weighted by atomic mass is 9.93. The number of allylic oxidation sites excluding steroid dienone is 2. The lowest BCUT2D eigenvalue weighted by Gasteiger charge is -2.28. The highest BCUT2D eigenvalue weighted by molar-refractivity contribution is 5.96. The number of fused-ring (bicyclic) bond motifs is 1. The molecule has 144 valence electrons. The zero-order chi connectivity index (χ0) is 19.2. The number of hydrogen-bond donors (Lipinski definition) is 0. The zero-order valence-corrected chi connectivity index (χ0v) is 15.9. The summed E-state index contributed by atoms with van der Waals surface area (Å²) in [6.07, 6.45) is 11.1. The summed E-state index contributed by atoms with van der Waals surface area (Å²) < 4.78 is 11.3. The van der Waals surface area contributed by atoms with Crippen LogP contribution in [-0.2, 0) is 4.79 Å². The third kappa shape index (κ3) is 4.28. The Morgan fingerprint density at radius 1 is 1.04 bits per heavy atom. The Bertz CT molecular complexity index is 873. The first-order valence-corrected chi connectivity index (χ1v) is 9.89. The van der Waals surface area contributed by atoms with Gasteiger partial charge in [-0.15, -0.1) is 0 Å². The molecule has 0 unspecified atom stereocenters. The Kier molecular flexibility index (Phi) is 5.76. The van der Waals surface area contributed by atoms with Crippen LogP contribution in [0.1, 0.15) is 24.8 Å². The summed E-state index contributed by atoms with van der Waals surface area (Å²) in [5.74, 6) is 1.64. The van der Waals surface area contributed by atoms with E-state index in [-0.39, 0.29) is 11.8 Å². The molecule has 1 atom stereocenters. The van der Waals surface area contributed by atoms with E-state index < -0.39 is 0 Å². The van der Waals surface area contributed by atoms with Gasteiger partial charge in [-0.2, -0.15) is 0 Å². The Morgan fingerprint density at radius 2 is 1.86 bits per heavy atom. The minimum absolute atomic E-state index is 0.0309. The summed E-state index contributed by atoms with van der Waals surface area (Å²) in [6, 6.07) is 15.9. The summed E-state index contributed by atoms with van der Waals surface area (Å²) in [5, 5.41) is 0. The fraction of sp³-hybridized carbons (Fsp3) is 0.292. The molecule has 1 aliphatic heterocycles. The quantitative estimate of drug-likeness (QED) is 0.701. The largest absolute Gasteiger partial charge is 0.486 e. The first-order chi connectivity index (χ1) is 13.8. The third-order valence-electron chi connectivity index (χ3n) is 5.12. The fourth-order valence-electron chi connectivity index (χ4n) is 3.62.